The predicted octanol–water partition coefficient (Wildman–Crippen LogP) is 3.32. The van der Waals surface area contributed by atoms with Gasteiger partial charge in [-0.3, -0.25) is 0 Å². The number of hydrogen-bond donors (Lipinski definition) is 0. The Kier molecular flexibility index (Phi) is 3.97. The van der Waals surface area contributed by atoms with Crippen molar-refractivity contribution < 1.29 is 12.8 Å². The van der Waals surface area contributed by atoms with E-state index in [0.717, 1.165) is 11.5 Å². The van der Waals surface area contributed by atoms with E-state index in [9.17, 15) is 12.8 Å². The minimum absolute atomic E-state index is 0.108. The van der Waals surface area contributed by atoms with E-state index >= 15 is 0 Å². The third-order valence-electron chi connectivity index (χ3n) is 2.34. The van der Waals surface area contributed by atoms with Crippen molar-refractivity contribution in [3.63, 3.8) is 0 Å². The highest BCUT2D eigenvalue weighted by atomic mass is 35.5. The number of nitrogens with zero attached hydrogens (tertiary/aromatic N) is 1. The molecule has 0 amide bonds. The van der Waals surface area contributed by atoms with E-state index in [2.05, 4.69) is 4.98 Å². The van der Waals surface area contributed by atoms with Crippen LogP contribution in [0.25, 0.3) is 6.08 Å². The Bertz CT molecular complexity index is 729. The van der Waals surface area contributed by atoms with Crippen LogP contribution in [-0.2, 0) is 9.84 Å². The smallest absolute Gasteiger partial charge is 0.199 e. The van der Waals surface area contributed by atoms with Crippen LogP contribution in [-0.4, -0.2) is 13.4 Å². The summed E-state index contributed by atoms with van der Waals surface area (Å²) in [6.45, 7) is 0. The lowest BCUT2D eigenvalue weighted by Crippen LogP contribution is -1.96. The third-order valence-corrected chi connectivity index (χ3v) is 4.06. The van der Waals surface area contributed by atoms with Gasteiger partial charge in [0, 0.05) is 17.2 Å². The average Bonchev–Trinajstić information content (AvgIpc) is 2.38. The fraction of sp³-hybridized carbons (Fsp3) is 0. The quantitative estimate of drug-likeness (QED) is 0.817. The van der Waals surface area contributed by atoms with Gasteiger partial charge in [-0.25, -0.2) is 17.8 Å². The van der Waals surface area contributed by atoms with E-state index in [1.165, 1.54) is 30.5 Å². The number of pyridine rings is 1. The lowest BCUT2D eigenvalue weighted by atomic mass is 10.3. The molecule has 0 radical (unpaired) electrons. The number of rotatable bonds is 3. The van der Waals surface area contributed by atoms with E-state index in [1.807, 2.05) is 0 Å². The highest BCUT2D eigenvalue weighted by Crippen LogP contribution is 2.18. The van der Waals surface area contributed by atoms with Crippen LogP contribution in [0, 0.1) is 5.82 Å². The molecule has 0 saturated heterocycles. The van der Waals surface area contributed by atoms with Crippen molar-refractivity contribution in [2.75, 3.05) is 0 Å². The van der Waals surface area contributed by atoms with Gasteiger partial charge in [-0.15, -0.1) is 0 Å². The summed E-state index contributed by atoms with van der Waals surface area (Å²) in [6, 6.07) is 8.08. The van der Waals surface area contributed by atoms with Gasteiger partial charge < -0.3 is 0 Å². The second-order valence-corrected chi connectivity index (χ2v) is 5.88. The van der Waals surface area contributed by atoms with Crippen LogP contribution in [0.15, 0.2) is 52.9 Å². The zero-order chi connectivity index (χ0) is 13.9. The van der Waals surface area contributed by atoms with E-state index in [4.69, 9.17) is 11.6 Å². The van der Waals surface area contributed by atoms with E-state index < -0.39 is 15.7 Å². The molecule has 3 nitrogen and oxygen atoms in total. The van der Waals surface area contributed by atoms with Crippen LogP contribution in [0.1, 0.15) is 5.56 Å². The van der Waals surface area contributed by atoms with Crippen LogP contribution in [0.4, 0.5) is 4.39 Å². The van der Waals surface area contributed by atoms with Crippen molar-refractivity contribution in [2.24, 2.45) is 0 Å². The second kappa shape index (κ2) is 5.50. The zero-order valence-corrected chi connectivity index (χ0v) is 11.2. The highest BCUT2D eigenvalue weighted by molar-refractivity contribution is 7.94. The van der Waals surface area contributed by atoms with Gasteiger partial charge in [-0.05, 0) is 30.3 Å². The van der Waals surface area contributed by atoms with Crippen molar-refractivity contribution >= 4 is 27.5 Å². The summed E-state index contributed by atoms with van der Waals surface area (Å²) in [6.07, 6.45) is 2.83. The highest BCUT2D eigenvalue weighted by Gasteiger charge is 2.11. The minimum Gasteiger partial charge on any atom is -0.244 e. The molecule has 98 valence electrons. The monoisotopic (exact) mass is 297 g/mol. The van der Waals surface area contributed by atoms with Crippen molar-refractivity contribution in [1.82, 2.24) is 4.98 Å². The number of benzene rings is 1. The first-order chi connectivity index (χ1) is 8.99. The van der Waals surface area contributed by atoms with Gasteiger partial charge in [-0.1, -0.05) is 23.7 Å². The molecule has 0 saturated carbocycles. The largest absolute Gasteiger partial charge is 0.244 e. The minimum atomic E-state index is -3.70. The van der Waals surface area contributed by atoms with Crippen molar-refractivity contribution in [3.05, 3.63) is 64.5 Å². The lowest BCUT2D eigenvalue weighted by molar-refractivity contribution is 0.598. The van der Waals surface area contributed by atoms with Gasteiger partial charge in [0.2, 0.25) is 0 Å². The van der Waals surface area contributed by atoms with Gasteiger partial charge in [0.05, 0.1) is 4.90 Å². The van der Waals surface area contributed by atoms with Crippen LogP contribution in [0.5, 0.6) is 0 Å². The molecule has 6 heteroatoms. The summed E-state index contributed by atoms with van der Waals surface area (Å²) in [4.78, 5) is 3.72. The maximum Gasteiger partial charge on any atom is 0.199 e. The number of aromatic nitrogens is 1. The van der Waals surface area contributed by atoms with Crippen molar-refractivity contribution in [3.8, 4) is 0 Å². The molecule has 0 atom stereocenters. The number of halogens is 2. The summed E-state index contributed by atoms with van der Waals surface area (Å²) in [7, 11) is -3.70. The SMILES string of the molecule is O=S(=O)(/C=C/c1cccnc1Cl)c1cccc(F)c1. The molecule has 0 unspecified atom stereocenters. The molecule has 0 aliphatic heterocycles. The Morgan fingerprint density at radius 3 is 2.68 bits per heavy atom. The van der Waals surface area contributed by atoms with Crippen LogP contribution in [0.3, 0.4) is 0 Å². The second-order valence-electron chi connectivity index (χ2n) is 3.69. The van der Waals surface area contributed by atoms with Crippen molar-refractivity contribution in [1.29, 1.82) is 0 Å². The fourth-order valence-corrected chi connectivity index (χ4v) is 2.62. The van der Waals surface area contributed by atoms with Crippen LogP contribution < -0.4 is 0 Å². The van der Waals surface area contributed by atoms with Crippen molar-refractivity contribution in [2.45, 2.75) is 4.90 Å². The summed E-state index contributed by atoms with van der Waals surface area (Å²) in [5.41, 5.74) is 0.476. The Balaban J connectivity index is 2.35. The molecule has 1 aromatic heterocycles. The third kappa shape index (κ3) is 3.39. The van der Waals surface area contributed by atoms with E-state index in [0.29, 0.717) is 5.56 Å². The van der Waals surface area contributed by atoms with E-state index in [-0.39, 0.29) is 10.0 Å². The topological polar surface area (TPSA) is 47.0 Å². The lowest BCUT2D eigenvalue weighted by Gasteiger charge is -1.99. The first-order valence-electron chi connectivity index (χ1n) is 5.28. The van der Waals surface area contributed by atoms with Gasteiger partial charge in [-0.2, -0.15) is 0 Å². The fourth-order valence-electron chi connectivity index (χ4n) is 1.41. The molecule has 0 N–H and O–H groups in total. The summed E-state index contributed by atoms with van der Waals surface area (Å²) in [5.74, 6) is -0.603. The average molecular weight is 298 g/mol. The number of sulfone groups is 1. The first-order valence-corrected chi connectivity index (χ1v) is 7.21. The van der Waals surface area contributed by atoms with Gasteiger partial charge in [0.1, 0.15) is 11.0 Å². The summed E-state index contributed by atoms with van der Waals surface area (Å²) in [5, 5.41) is 1.18. The molecule has 2 aromatic rings. The Morgan fingerprint density at radius 1 is 1.21 bits per heavy atom. The van der Waals surface area contributed by atoms with Crippen LogP contribution >= 0.6 is 11.6 Å². The molecule has 1 heterocycles. The molecule has 1 aromatic carbocycles. The maximum absolute atomic E-state index is 13.0. The molecule has 0 aliphatic carbocycles. The molecular weight excluding hydrogens is 289 g/mol. The normalized spacial score (nSPS) is 11.9. The Labute approximate surface area is 115 Å². The summed E-state index contributed by atoms with van der Waals surface area (Å²) >= 11 is 5.81. The molecule has 19 heavy (non-hydrogen) atoms. The van der Waals surface area contributed by atoms with Crippen LogP contribution in [0.2, 0.25) is 5.15 Å². The first kappa shape index (κ1) is 13.7. The Hall–Kier alpha value is -1.72. The molecule has 2 rings (SSSR count). The van der Waals surface area contributed by atoms with Gasteiger partial charge in [0.25, 0.3) is 0 Å². The molecule has 0 bridgehead atoms. The summed E-state index contributed by atoms with van der Waals surface area (Å²) < 4.78 is 36.9. The standard InChI is InChI=1S/C13H9ClFNO2S/c14-13-10(3-2-7-16-13)6-8-19(17,18)12-5-1-4-11(15)9-12/h1-9H/b8-6+. The molecular formula is C13H9ClFNO2S. The number of hydrogen-bond acceptors (Lipinski definition) is 3. The maximum atomic E-state index is 13.0. The molecule has 0 spiro atoms. The van der Waals surface area contributed by atoms with Gasteiger partial charge >= 0.3 is 0 Å². The van der Waals surface area contributed by atoms with Gasteiger partial charge in [0.15, 0.2) is 9.84 Å². The predicted molar refractivity (Wildman–Crippen MR) is 71.9 cm³/mol. The van der Waals surface area contributed by atoms with E-state index in [1.54, 1.807) is 12.1 Å². The molecule has 0 aliphatic rings. The molecule has 0 fully saturated rings. The zero-order valence-electron chi connectivity index (χ0n) is 9.62. The Morgan fingerprint density at radius 2 is 2.00 bits per heavy atom.